The lowest BCUT2D eigenvalue weighted by molar-refractivity contribution is 0.166. The smallest absolute Gasteiger partial charge is 0.194 e. The van der Waals surface area contributed by atoms with Crippen molar-refractivity contribution in [3.8, 4) is 0 Å². The van der Waals surface area contributed by atoms with Crippen molar-refractivity contribution in [2.24, 2.45) is 0 Å². The molecule has 0 saturated carbocycles. The fourth-order valence-corrected chi connectivity index (χ4v) is 3.12. The van der Waals surface area contributed by atoms with Gasteiger partial charge in [0.15, 0.2) is 17.5 Å². The molecule has 0 spiro atoms. The molecular formula is C11H11F3OS. The van der Waals surface area contributed by atoms with E-state index in [0.29, 0.717) is 0 Å². The molecule has 1 heterocycles. The van der Waals surface area contributed by atoms with Crippen LogP contribution in [0.15, 0.2) is 12.1 Å². The maximum absolute atomic E-state index is 13.4. The Morgan fingerprint density at radius 1 is 1.25 bits per heavy atom. The van der Waals surface area contributed by atoms with Crippen LogP contribution in [0.4, 0.5) is 13.2 Å². The van der Waals surface area contributed by atoms with Crippen molar-refractivity contribution in [2.45, 2.75) is 24.2 Å². The molecule has 1 aliphatic rings. The van der Waals surface area contributed by atoms with Gasteiger partial charge in [-0.1, -0.05) is 6.07 Å². The van der Waals surface area contributed by atoms with Crippen LogP contribution >= 0.6 is 11.8 Å². The van der Waals surface area contributed by atoms with Crippen LogP contribution in [-0.4, -0.2) is 16.1 Å². The summed E-state index contributed by atoms with van der Waals surface area (Å²) in [5.74, 6) is -3.11. The number of aliphatic hydroxyl groups is 1. The van der Waals surface area contributed by atoms with E-state index < -0.39 is 23.6 Å². The Bertz CT molecular complexity index is 391. The Hall–Kier alpha value is -0.680. The minimum Gasteiger partial charge on any atom is -0.387 e. The first-order valence-corrected chi connectivity index (χ1v) is 6.09. The SMILES string of the molecule is OC(c1ccc(F)c(F)c1F)C1CCCS1. The first-order chi connectivity index (χ1) is 7.61. The zero-order valence-corrected chi connectivity index (χ0v) is 9.24. The van der Waals surface area contributed by atoms with Gasteiger partial charge in [0.2, 0.25) is 0 Å². The van der Waals surface area contributed by atoms with Crippen LogP contribution in [0, 0.1) is 17.5 Å². The lowest BCUT2D eigenvalue weighted by atomic mass is 10.0. The Labute approximate surface area is 95.7 Å². The second-order valence-corrected chi connectivity index (χ2v) is 5.11. The van der Waals surface area contributed by atoms with Gasteiger partial charge in [-0.25, -0.2) is 13.2 Å². The molecule has 0 aromatic heterocycles. The molecule has 2 unspecified atom stereocenters. The van der Waals surface area contributed by atoms with E-state index in [1.807, 2.05) is 0 Å². The van der Waals surface area contributed by atoms with Crippen molar-refractivity contribution in [1.82, 2.24) is 0 Å². The quantitative estimate of drug-likeness (QED) is 0.812. The molecule has 0 bridgehead atoms. The van der Waals surface area contributed by atoms with Gasteiger partial charge in [-0.3, -0.25) is 0 Å². The summed E-state index contributed by atoms with van der Waals surface area (Å²) < 4.78 is 39.1. The van der Waals surface area contributed by atoms with Crippen molar-refractivity contribution in [1.29, 1.82) is 0 Å². The van der Waals surface area contributed by atoms with E-state index in [1.54, 1.807) is 0 Å². The molecule has 1 N–H and O–H groups in total. The standard InChI is InChI=1S/C11H11F3OS/c12-7-4-3-6(9(13)10(7)14)11(15)8-2-1-5-16-8/h3-4,8,11,15H,1-2,5H2. The summed E-state index contributed by atoms with van der Waals surface area (Å²) in [5.41, 5.74) is -0.154. The van der Waals surface area contributed by atoms with Gasteiger partial charge in [0.05, 0.1) is 6.10 Å². The Kier molecular flexibility index (Phi) is 3.44. The molecule has 1 fully saturated rings. The van der Waals surface area contributed by atoms with Crippen molar-refractivity contribution in [3.05, 3.63) is 35.1 Å². The molecule has 1 aliphatic heterocycles. The van der Waals surface area contributed by atoms with Crippen LogP contribution < -0.4 is 0 Å². The largest absolute Gasteiger partial charge is 0.387 e. The number of hydrogen-bond donors (Lipinski definition) is 1. The average Bonchev–Trinajstić information content (AvgIpc) is 2.79. The number of hydrogen-bond acceptors (Lipinski definition) is 2. The fourth-order valence-electron chi connectivity index (χ4n) is 1.82. The van der Waals surface area contributed by atoms with Crippen molar-refractivity contribution in [3.63, 3.8) is 0 Å². The lowest BCUT2D eigenvalue weighted by Gasteiger charge is -2.18. The molecule has 2 rings (SSSR count). The Morgan fingerprint density at radius 3 is 2.62 bits per heavy atom. The summed E-state index contributed by atoms with van der Waals surface area (Å²) in [6, 6.07) is 1.95. The van der Waals surface area contributed by atoms with Gasteiger partial charge >= 0.3 is 0 Å². The fraction of sp³-hybridized carbons (Fsp3) is 0.455. The van der Waals surface area contributed by atoms with Gasteiger partial charge in [0.25, 0.3) is 0 Å². The van der Waals surface area contributed by atoms with Gasteiger partial charge in [-0.15, -0.1) is 0 Å². The summed E-state index contributed by atoms with van der Waals surface area (Å²) >= 11 is 1.53. The molecule has 1 nitrogen and oxygen atoms in total. The molecular weight excluding hydrogens is 237 g/mol. The first-order valence-electron chi connectivity index (χ1n) is 5.04. The van der Waals surface area contributed by atoms with Gasteiger partial charge in [-0.2, -0.15) is 11.8 Å². The van der Waals surface area contributed by atoms with Crippen LogP contribution in [0.3, 0.4) is 0 Å². The molecule has 0 amide bonds. The topological polar surface area (TPSA) is 20.2 Å². The van der Waals surface area contributed by atoms with Gasteiger partial charge in [-0.05, 0) is 24.7 Å². The maximum Gasteiger partial charge on any atom is 0.194 e. The number of aliphatic hydroxyl groups excluding tert-OH is 1. The van der Waals surface area contributed by atoms with E-state index in [4.69, 9.17) is 0 Å². The number of rotatable bonds is 2. The minimum absolute atomic E-state index is 0.126. The zero-order chi connectivity index (χ0) is 11.7. The summed E-state index contributed by atoms with van der Waals surface area (Å²) in [6.07, 6.45) is 0.657. The highest BCUT2D eigenvalue weighted by Crippen LogP contribution is 2.37. The van der Waals surface area contributed by atoms with E-state index in [2.05, 4.69) is 0 Å². The van der Waals surface area contributed by atoms with Crippen LogP contribution in [-0.2, 0) is 0 Å². The predicted octanol–water partition coefficient (Wildman–Crippen LogP) is 3.03. The molecule has 0 aliphatic carbocycles. The van der Waals surface area contributed by atoms with E-state index >= 15 is 0 Å². The second-order valence-electron chi connectivity index (χ2n) is 3.76. The summed E-state index contributed by atoms with van der Waals surface area (Å²) in [5, 5.41) is 9.74. The zero-order valence-electron chi connectivity index (χ0n) is 8.42. The van der Waals surface area contributed by atoms with Crippen molar-refractivity contribution >= 4 is 11.8 Å². The third kappa shape index (κ3) is 2.06. The predicted molar refractivity (Wildman–Crippen MR) is 56.8 cm³/mol. The van der Waals surface area contributed by atoms with Crippen molar-refractivity contribution < 1.29 is 18.3 Å². The molecule has 16 heavy (non-hydrogen) atoms. The Balaban J connectivity index is 2.29. The molecule has 1 aromatic carbocycles. The van der Waals surface area contributed by atoms with E-state index in [9.17, 15) is 18.3 Å². The summed E-state index contributed by atoms with van der Waals surface area (Å²) in [7, 11) is 0. The molecule has 1 aromatic rings. The molecule has 88 valence electrons. The number of halogens is 3. The maximum atomic E-state index is 13.4. The van der Waals surface area contributed by atoms with Crippen LogP contribution in [0.1, 0.15) is 24.5 Å². The third-order valence-corrected chi connectivity index (χ3v) is 4.15. The number of benzene rings is 1. The van der Waals surface area contributed by atoms with Crippen LogP contribution in [0.5, 0.6) is 0 Å². The van der Waals surface area contributed by atoms with Gasteiger partial charge in [0.1, 0.15) is 0 Å². The van der Waals surface area contributed by atoms with Crippen molar-refractivity contribution in [2.75, 3.05) is 5.75 Å². The highest BCUT2D eigenvalue weighted by molar-refractivity contribution is 8.00. The van der Waals surface area contributed by atoms with Crippen LogP contribution in [0.2, 0.25) is 0 Å². The lowest BCUT2D eigenvalue weighted by Crippen LogP contribution is -2.14. The second kappa shape index (κ2) is 4.67. The van der Waals surface area contributed by atoms with E-state index in [0.717, 1.165) is 30.7 Å². The molecule has 0 radical (unpaired) electrons. The Morgan fingerprint density at radius 2 is 2.00 bits per heavy atom. The highest BCUT2D eigenvalue weighted by Gasteiger charge is 2.28. The summed E-state index contributed by atoms with van der Waals surface area (Å²) in [4.78, 5) is 0. The van der Waals surface area contributed by atoms with Gasteiger partial charge < -0.3 is 5.11 Å². The minimum atomic E-state index is -1.51. The molecule has 5 heteroatoms. The average molecular weight is 248 g/mol. The third-order valence-electron chi connectivity index (χ3n) is 2.70. The summed E-state index contributed by atoms with van der Waals surface area (Å²) in [6.45, 7) is 0. The van der Waals surface area contributed by atoms with Crippen LogP contribution in [0.25, 0.3) is 0 Å². The molecule has 1 saturated heterocycles. The normalized spacial score (nSPS) is 22.4. The van der Waals surface area contributed by atoms with E-state index in [1.165, 1.54) is 11.8 Å². The molecule has 2 atom stereocenters. The number of thioether (sulfide) groups is 1. The van der Waals surface area contributed by atoms with Gasteiger partial charge in [0, 0.05) is 10.8 Å². The van der Waals surface area contributed by atoms with E-state index in [-0.39, 0.29) is 10.8 Å². The monoisotopic (exact) mass is 248 g/mol. The first kappa shape index (κ1) is 11.8. The highest BCUT2D eigenvalue weighted by atomic mass is 32.2.